The zero-order chi connectivity index (χ0) is 15.4. The lowest BCUT2D eigenvalue weighted by Gasteiger charge is -2.31. The summed E-state index contributed by atoms with van der Waals surface area (Å²) in [5.74, 6) is -0.766. The second kappa shape index (κ2) is 6.56. The number of nitrogens with two attached hydrogens (primary N) is 1. The Bertz CT molecular complexity index is 519. The van der Waals surface area contributed by atoms with E-state index in [1.54, 1.807) is 4.90 Å². The summed E-state index contributed by atoms with van der Waals surface area (Å²) in [6.07, 6.45) is 1.25. The van der Waals surface area contributed by atoms with Crippen molar-refractivity contribution < 1.29 is 14.0 Å². The zero-order valence-electron chi connectivity index (χ0n) is 12.1. The Morgan fingerprint density at radius 1 is 1.33 bits per heavy atom. The molecule has 1 aliphatic heterocycles. The Balaban J connectivity index is 1.98. The Morgan fingerprint density at radius 2 is 2.00 bits per heavy atom. The number of carbonyl (C=O) groups is 2. The molecule has 1 saturated heterocycles. The van der Waals surface area contributed by atoms with E-state index in [1.807, 2.05) is 6.92 Å². The molecule has 0 bridgehead atoms. The number of hydrogen-bond donors (Lipinski definition) is 2. The average Bonchev–Trinajstić information content (AvgIpc) is 2.46. The van der Waals surface area contributed by atoms with E-state index in [0.29, 0.717) is 32.5 Å². The van der Waals surface area contributed by atoms with Crippen LogP contribution in [0.3, 0.4) is 0 Å². The van der Waals surface area contributed by atoms with E-state index in [2.05, 4.69) is 5.32 Å². The SMILES string of the molecule is CCNC(=O)C1CCN(C(=O)c2cc(N)cc(F)c2)CC1. The highest BCUT2D eigenvalue weighted by molar-refractivity contribution is 5.95. The summed E-state index contributed by atoms with van der Waals surface area (Å²) < 4.78 is 13.3. The second-order valence-electron chi connectivity index (χ2n) is 5.23. The van der Waals surface area contributed by atoms with Gasteiger partial charge in [0.25, 0.3) is 5.91 Å². The van der Waals surface area contributed by atoms with E-state index in [4.69, 9.17) is 5.73 Å². The predicted octanol–water partition coefficient (Wildman–Crippen LogP) is 1.40. The predicted molar refractivity (Wildman–Crippen MR) is 78.1 cm³/mol. The minimum atomic E-state index is -0.518. The van der Waals surface area contributed by atoms with E-state index in [9.17, 15) is 14.0 Å². The third-order valence-corrected chi connectivity index (χ3v) is 3.67. The molecule has 1 aromatic carbocycles. The number of halogens is 1. The maximum absolute atomic E-state index is 13.3. The maximum Gasteiger partial charge on any atom is 0.254 e. The Kier molecular flexibility index (Phi) is 4.77. The van der Waals surface area contributed by atoms with Gasteiger partial charge in [0, 0.05) is 36.8 Å². The molecule has 1 fully saturated rings. The molecule has 1 aromatic rings. The maximum atomic E-state index is 13.3. The van der Waals surface area contributed by atoms with Gasteiger partial charge in [0.05, 0.1) is 0 Å². The lowest BCUT2D eigenvalue weighted by atomic mass is 9.95. The minimum Gasteiger partial charge on any atom is -0.399 e. The lowest BCUT2D eigenvalue weighted by Crippen LogP contribution is -2.43. The fraction of sp³-hybridized carbons (Fsp3) is 0.467. The quantitative estimate of drug-likeness (QED) is 0.827. The van der Waals surface area contributed by atoms with Crippen LogP contribution in [-0.2, 0) is 4.79 Å². The molecule has 0 aliphatic carbocycles. The normalized spacial score (nSPS) is 15.8. The first-order valence-corrected chi connectivity index (χ1v) is 7.14. The van der Waals surface area contributed by atoms with Crippen LogP contribution in [0.2, 0.25) is 0 Å². The van der Waals surface area contributed by atoms with Crippen LogP contribution in [-0.4, -0.2) is 36.3 Å². The number of nitrogens with one attached hydrogen (secondary N) is 1. The van der Waals surface area contributed by atoms with Crippen molar-refractivity contribution in [2.24, 2.45) is 5.92 Å². The summed E-state index contributed by atoms with van der Waals surface area (Å²) in [5.41, 5.74) is 6.04. The van der Waals surface area contributed by atoms with Crippen LogP contribution in [0.25, 0.3) is 0 Å². The first-order valence-electron chi connectivity index (χ1n) is 7.14. The van der Waals surface area contributed by atoms with Crippen molar-refractivity contribution >= 4 is 17.5 Å². The monoisotopic (exact) mass is 293 g/mol. The van der Waals surface area contributed by atoms with Gasteiger partial charge in [-0.2, -0.15) is 0 Å². The first kappa shape index (κ1) is 15.3. The molecule has 0 spiro atoms. The average molecular weight is 293 g/mol. The van der Waals surface area contributed by atoms with Gasteiger partial charge >= 0.3 is 0 Å². The second-order valence-corrected chi connectivity index (χ2v) is 5.23. The molecule has 3 N–H and O–H groups in total. The summed E-state index contributed by atoms with van der Waals surface area (Å²) in [4.78, 5) is 25.7. The molecule has 5 nitrogen and oxygen atoms in total. The van der Waals surface area contributed by atoms with Crippen LogP contribution in [0.5, 0.6) is 0 Å². The molecule has 1 heterocycles. The number of amides is 2. The number of nitrogens with zero attached hydrogens (tertiary/aromatic N) is 1. The molecule has 0 radical (unpaired) electrons. The molecule has 0 aromatic heterocycles. The number of rotatable bonds is 3. The molecular weight excluding hydrogens is 273 g/mol. The molecule has 2 amide bonds. The molecule has 2 rings (SSSR count). The van der Waals surface area contributed by atoms with E-state index in [1.165, 1.54) is 18.2 Å². The fourth-order valence-corrected chi connectivity index (χ4v) is 2.58. The van der Waals surface area contributed by atoms with E-state index >= 15 is 0 Å². The number of piperidine rings is 1. The number of carbonyl (C=O) groups excluding carboxylic acids is 2. The molecule has 1 aliphatic rings. The van der Waals surface area contributed by atoms with Crippen LogP contribution < -0.4 is 11.1 Å². The largest absolute Gasteiger partial charge is 0.399 e. The van der Waals surface area contributed by atoms with Crippen molar-refractivity contribution in [3.8, 4) is 0 Å². The van der Waals surface area contributed by atoms with Crippen molar-refractivity contribution in [1.29, 1.82) is 0 Å². The summed E-state index contributed by atoms with van der Waals surface area (Å²) in [7, 11) is 0. The zero-order valence-corrected chi connectivity index (χ0v) is 12.1. The smallest absolute Gasteiger partial charge is 0.254 e. The van der Waals surface area contributed by atoms with Gasteiger partial charge in [-0.15, -0.1) is 0 Å². The van der Waals surface area contributed by atoms with Crippen molar-refractivity contribution in [2.75, 3.05) is 25.4 Å². The van der Waals surface area contributed by atoms with E-state index in [-0.39, 0.29) is 29.0 Å². The van der Waals surface area contributed by atoms with Crippen LogP contribution in [0.4, 0.5) is 10.1 Å². The number of benzene rings is 1. The Labute approximate surface area is 123 Å². The topological polar surface area (TPSA) is 75.4 Å². The summed E-state index contributed by atoms with van der Waals surface area (Å²) in [6.45, 7) is 3.49. The highest BCUT2D eigenvalue weighted by atomic mass is 19.1. The summed E-state index contributed by atoms with van der Waals surface area (Å²) >= 11 is 0. The van der Waals surface area contributed by atoms with E-state index in [0.717, 1.165) is 0 Å². The third-order valence-electron chi connectivity index (χ3n) is 3.67. The number of nitrogen functional groups attached to an aromatic ring is 1. The van der Waals surface area contributed by atoms with E-state index < -0.39 is 5.82 Å². The minimum absolute atomic E-state index is 0.0413. The highest BCUT2D eigenvalue weighted by Gasteiger charge is 2.27. The molecule has 6 heteroatoms. The van der Waals surface area contributed by atoms with Crippen molar-refractivity contribution in [3.63, 3.8) is 0 Å². The lowest BCUT2D eigenvalue weighted by molar-refractivity contribution is -0.126. The Morgan fingerprint density at radius 3 is 2.57 bits per heavy atom. The number of anilines is 1. The number of likely N-dealkylation sites (tertiary alicyclic amines) is 1. The molecule has 21 heavy (non-hydrogen) atoms. The van der Waals surface area contributed by atoms with Gasteiger partial charge in [-0.3, -0.25) is 9.59 Å². The van der Waals surface area contributed by atoms with Gasteiger partial charge in [0.1, 0.15) is 5.82 Å². The fourth-order valence-electron chi connectivity index (χ4n) is 2.58. The van der Waals surface area contributed by atoms with Gasteiger partial charge in [0.2, 0.25) is 5.91 Å². The Hall–Kier alpha value is -2.11. The van der Waals surface area contributed by atoms with Gasteiger partial charge in [-0.25, -0.2) is 4.39 Å². The van der Waals surface area contributed by atoms with Gasteiger partial charge in [-0.05, 0) is 38.0 Å². The van der Waals surface area contributed by atoms with Gasteiger partial charge in [-0.1, -0.05) is 0 Å². The molecule has 0 atom stereocenters. The summed E-state index contributed by atoms with van der Waals surface area (Å²) in [5, 5.41) is 2.80. The summed E-state index contributed by atoms with van der Waals surface area (Å²) in [6, 6.07) is 3.84. The first-order chi connectivity index (χ1) is 10.0. The highest BCUT2D eigenvalue weighted by Crippen LogP contribution is 2.20. The van der Waals surface area contributed by atoms with Crippen molar-refractivity contribution in [1.82, 2.24) is 10.2 Å². The molecule has 0 saturated carbocycles. The third kappa shape index (κ3) is 3.71. The number of hydrogen-bond acceptors (Lipinski definition) is 3. The van der Waals surface area contributed by atoms with Crippen LogP contribution >= 0.6 is 0 Å². The standard InChI is InChI=1S/C15H20FN3O2/c1-2-18-14(20)10-3-5-19(6-4-10)15(21)11-7-12(16)9-13(17)8-11/h7-10H,2-6,17H2,1H3,(H,18,20). The molecule has 114 valence electrons. The van der Waals surface area contributed by atoms with Crippen LogP contribution in [0.1, 0.15) is 30.1 Å². The van der Waals surface area contributed by atoms with Crippen molar-refractivity contribution in [3.05, 3.63) is 29.6 Å². The van der Waals surface area contributed by atoms with Crippen LogP contribution in [0.15, 0.2) is 18.2 Å². The van der Waals surface area contributed by atoms with Gasteiger partial charge in [0.15, 0.2) is 0 Å². The molecular formula is C15H20FN3O2. The molecule has 0 unspecified atom stereocenters. The van der Waals surface area contributed by atoms with Crippen LogP contribution in [0, 0.1) is 11.7 Å². The van der Waals surface area contributed by atoms with Crippen molar-refractivity contribution in [2.45, 2.75) is 19.8 Å². The van der Waals surface area contributed by atoms with Gasteiger partial charge < -0.3 is 16.0 Å².